The van der Waals surface area contributed by atoms with E-state index in [9.17, 15) is 4.79 Å². The van der Waals surface area contributed by atoms with Crippen molar-refractivity contribution in [3.63, 3.8) is 0 Å². The normalized spacial score (nSPS) is 10.8. The highest BCUT2D eigenvalue weighted by molar-refractivity contribution is 5.86. The van der Waals surface area contributed by atoms with Gasteiger partial charge in [-0.1, -0.05) is 20.8 Å². The summed E-state index contributed by atoms with van der Waals surface area (Å²) >= 11 is 0. The molecule has 0 amide bonds. The van der Waals surface area contributed by atoms with Crippen LogP contribution in [-0.2, 0) is 11.3 Å². The van der Waals surface area contributed by atoms with Crippen LogP contribution >= 0.6 is 0 Å². The zero-order valence-corrected chi connectivity index (χ0v) is 10.9. The summed E-state index contributed by atoms with van der Waals surface area (Å²) in [5, 5.41) is 0. The van der Waals surface area contributed by atoms with Gasteiger partial charge in [0.05, 0.1) is 13.2 Å². The molecule has 1 rings (SSSR count). The van der Waals surface area contributed by atoms with Crippen molar-refractivity contribution in [3.8, 4) is 0 Å². The first-order valence-electron chi connectivity index (χ1n) is 6.19. The summed E-state index contributed by atoms with van der Waals surface area (Å²) in [6.45, 7) is 9.26. The molecule has 0 aliphatic carbocycles. The van der Waals surface area contributed by atoms with E-state index in [-0.39, 0.29) is 5.97 Å². The third-order valence-corrected chi connectivity index (χ3v) is 2.57. The zero-order valence-electron chi connectivity index (χ0n) is 10.9. The third-order valence-electron chi connectivity index (χ3n) is 2.57. The van der Waals surface area contributed by atoms with E-state index in [1.165, 1.54) is 0 Å². The predicted molar refractivity (Wildman–Crippen MR) is 65.9 cm³/mol. The van der Waals surface area contributed by atoms with Crippen LogP contribution in [0.3, 0.4) is 0 Å². The number of hydrogen-bond acceptors (Lipinski definition) is 4. The Balaban J connectivity index is 2.55. The highest BCUT2D eigenvalue weighted by Crippen LogP contribution is 2.11. The molecule has 4 heteroatoms. The summed E-state index contributed by atoms with van der Waals surface area (Å²) in [4.78, 5) is 13.7. The van der Waals surface area contributed by atoms with Gasteiger partial charge in [-0.3, -0.25) is 4.90 Å². The molecule has 0 aliphatic heterocycles. The van der Waals surface area contributed by atoms with Crippen molar-refractivity contribution < 1.29 is 13.9 Å². The highest BCUT2D eigenvalue weighted by Gasteiger charge is 2.13. The molecule has 0 radical (unpaired) electrons. The maximum absolute atomic E-state index is 11.5. The lowest BCUT2D eigenvalue weighted by Gasteiger charge is -2.15. The molecule has 0 spiro atoms. The van der Waals surface area contributed by atoms with E-state index in [2.05, 4.69) is 18.7 Å². The Morgan fingerprint density at radius 3 is 2.59 bits per heavy atom. The molecule has 17 heavy (non-hydrogen) atoms. The number of carbonyl (C=O) groups is 1. The maximum atomic E-state index is 11.5. The minimum Gasteiger partial charge on any atom is -0.460 e. The zero-order chi connectivity index (χ0) is 12.7. The lowest BCUT2D eigenvalue weighted by Crippen LogP contribution is -2.21. The second kappa shape index (κ2) is 7.12. The Morgan fingerprint density at radius 1 is 1.29 bits per heavy atom. The van der Waals surface area contributed by atoms with Gasteiger partial charge in [0.2, 0.25) is 5.76 Å². The minimum absolute atomic E-state index is 0.292. The van der Waals surface area contributed by atoms with Crippen molar-refractivity contribution in [2.75, 3.05) is 19.7 Å². The molecule has 0 aromatic carbocycles. The van der Waals surface area contributed by atoms with Gasteiger partial charge in [0, 0.05) is 0 Å². The maximum Gasteiger partial charge on any atom is 0.374 e. The van der Waals surface area contributed by atoms with Crippen LogP contribution in [0.15, 0.2) is 16.5 Å². The largest absolute Gasteiger partial charge is 0.460 e. The molecule has 96 valence electrons. The van der Waals surface area contributed by atoms with Crippen LogP contribution in [0.5, 0.6) is 0 Å². The molecule has 0 aliphatic rings. The first-order valence-corrected chi connectivity index (χ1v) is 6.19. The van der Waals surface area contributed by atoms with Gasteiger partial charge in [0.25, 0.3) is 0 Å². The average molecular weight is 239 g/mol. The van der Waals surface area contributed by atoms with E-state index < -0.39 is 0 Å². The van der Waals surface area contributed by atoms with Gasteiger partial charge in [0.1, 0.15) is 5.76 Å². The molecule has 1 aromatic heterocycles. The lowest BCUT2D eigenvalue weighted by atomic mass is 10.4. The summed E-state index contributed by atoms with van der Waals surface area (Å²) in [6.07, 6.45) is 0.818. The van der Waals surface area contributed by atoms with Crippen LogP contribution in [0.25, 0.3) is 0 Å². The Hall–Kier alpha value is -1.29. The SMILES string of the molecule is CCCOC(=O)c1ccc(CN(CC)CC)o1. The molecule has 0 N–H and O–H groups in total. The van der Waals surface area contributed by atoms with Crippen LogP contribution in [0, 0.1) is 0 Å². The van der Waals surface area contributed by atoms with Gasteiger partial charge >= 0.3 is 5.97 Å². The first-order chi connectivity index (χ1) is 8.21. The summed E-state index contributed by atoms with van der Waals surface area (Å²) in [6, 6.07) is 3.51. The van der Waals surface area contributed by atoms with E-state index >= 15 is 0 Å². The molecule has 0 bridgehead atoms. The third kappa shape index (κ3) is 4.23. The Bertz CT molecular complexity index is 342. The fourth-order valence-corrected chi connectivity index (χ4v) is 1.51. The van der Waals surface area contributed by atoms with Crippen molar-refractivity contribution >= 4 is 5.97 Å². The van der Waals surface area contributed by atoms with E-state index in [0.717, 1.165) is 31.8 Å². The van der Waals surface area contributed by atoms with Crippen LogP contribution in [0.2, 0.25) is 0 Å². The summed E-state index contributed by atoms with van der Waals surface area (Å²) < 4.78 is 10.5. The number of esters is 1. The minimum atomic E-state index is -0.377. The smallest absolute Gasteiger partial charge is 0.374 e. The Morgan fingerprint density at radius 2 is 2.00 bits per heavy atom. The summed E-state index contributed by atoms with van der Waals surface area (Å²) in [5.74, 6) is 0.718. The lowest BCUT2D eigenvalue weighted by molar-refractivity contribution is 0.0465. The molecule has 0 unspecified atom stereocenters. The molecular formula is C13H21NO3. The number of carbonyl (C=O) groups excluding carboxylic acids is 1. The van der Waals surface area contributed by atoms with E-state index in [1.54, 1.807) is 6.07 Å². The van der Waals surface area contributed by atoms with E-state index in [0.29, 0.717) is 12.4 Å². The van der Waals surface area contributed by atoms with Crippen molar-refractivity contribution in [1.29, 1.82) is 0 Å². The second-order valence-corrected chi connectivity index (χ2v) is 3.86. The summed E-state index contributed by atoms with van der Waals surface area (Å²) in [7, 11) is 0. The molecule has 0 saturated carbocycles. The van der Waals surface area contributed by atoms with Gasteiger partial charge in [0.15, 0.2) is 0 Å². The molecule has 1 aromatic rings. The van der Waals surface area contributed by atoms with E-state index in [4.69, 9.17) is 9.15 Å². The second-order valence-electron chi connectivity index (χ2n) is 3.86. The van der Waals surface area contributed by atoms with Crippen molar-refractivity contribution in [3.05, 3.63) is 23.7 Å². The fraction of sp³-hybridized carbons (Fsp3) is 0.615. The van der Waals surface area contributed by atoms with Crippen LogP contribution in [0.1, 0.15) is 43.5 Å². The number of nitrogens with zero attached hydrogens (tertiary/aromatic N) is 1. The molecule has 0 saturated heterocycles. The summed E-state index contributed by atoms with van der Waals surface area (Å²) in [5.41, 5.74) is 0. The van der Waals surface area contributed by atoms with Crippen molar-refractivity contribution in [2.24, 2.45) is 0 Å². The van der Waals surface area contributed by atoms with Crippen molar-refractivity contribution in [1.82, 2.24) is 4.90 Å². The van der Waals surface area contributed by atoms with Crippen LogP contribution in [0.4, 0.5) is 0 Å². The first kappa shape index (κ1) is 13.8. The van der Waals surface area contributed by atoms with Gasteiger partial charge < -0.3 is 9.15 Å². The molecule has 0 atom stereocenters. The number of furan rings is 1. The molecule has 1 heterocycles. The van der Waals surface area contributed by atoms with Gasteiger partial charge in [-0.05, 0) is 31.6 Å². The number of hydrogen-bond donors (Lipinski definition) is 0. The van der Waals surface area contributed by atoms with Gasteiger partial charge in [-0.15, -0.1) is 0 Å². The topological polar surface area (TPSA) is 42.7 Å². The van der Waals surface area contributed by atoms with Crippen LogP contribution < -0.4 is 0 Å². The quantitative estimate of drug-likeness (QED) is 0.686. The van der Waals surface area contributed by atoms with Gasteiger partial charge in [-0.2, -0.15) is 0 Å². The van der Waals surface area contributed by atoms with E-state index in [1.807, 2.05) is 13.0 Å². The molecule has 4 nitrogen and oxygen atoms in total. The van der Waals surface area contributed by atoms with Crippen molar-refractivity contribution in [2.45, 2.75) is 33.7 Å². The Labute approximate surface area is 103 Å². The average Bonchev–Trinajstić information content (AvgIpc) is 2.81. The molecular weight excluding hydrogens is 218 g/mol. The number of rotatable bonds is 7. The fourth-order valence-electron chi connectivity index (χ4n) is 1.51. The predicted octanol–water partition coefficient (Wildman–Crippen LogP) is 2.69. The van der Waals surface area contributed by atoms with Gasteiger partial charge in [-0.25, -0.2) is 4.79 Å². The number of ether oxygens (including phenoxy) is 1. The van der Waals surface area contributed by atoms with Crippen LogP contribution in [-0.4, -0.2) is 30.6 Å². The monoisotopic (exact) mass is 239 g/mol. The highest BCUT2D eigenvalue weighted by atomic mass is 16.5. The Kier molecular flexibility index (Phi) is 5.77. The standard InChI is InChI=1S/C13H21NO3/c1-4-9-16-13(15)12-8-7-11(17-12)10-14(5-2)6-3/h7-8H,4-6,9-10H2,1-3H3. The molecule has 0 fully saturated rings.